The normalized spacial score (nSPS) is 15.7. The highest BCUT2D eigenvalue weighted by atomic mass is 35.5. The summed E-state index contributed by atoms with van der Waals surface area (Å²) in [6, 6.07) is 12.1. The van der Waals surface area contributed by atoms with E-state index in [4.69, 9.17) is 27.9 Å². The number of amides is 2. The molecule has 0 spiro atoms. The van der Waals surface area contributed by atoms with Gasteiger partial charge >= 0.3 is 0 Å². The van der Waals surface area contributed by atoms with E-state index in [1.807, 2.05) is 18.2 Å². The van der Waals surface area contributed by atoms with Gasteiger partial charge < -0.3 is 20.3 Å². The Morgan fingerprint density at radius 3 is 2.77 bits per heavy atom. The van der Waals surface area contributed by atoms with Crippen molar-refractivity contribution in [3.63, 3.8) is 0 Å². The number of likely N-dealkylation sites (N-methyl/N-ethyl adjacent to an activating group) is 1. The molecule has 2 amide bonds. The van der Waals surface area contributed by atoms with Crippen LogP contribution in [0.2, 0.25) is 10.0 Å². The zero-order chi connectivity index (χ0) is 18.7. The van der Waals surface area contributed by atoms with Crippen LogP contribution in [0.4, 0.5) is 11.4 Å². The highest BCUT2D eigenvalue weighted by molar-refractivity contribution is 6.35. The molecule has 0 saturated heterocycles. The van der Waals surface area contributed by atoms with Gasteiger partial charge in [-0.05, 0) is 30.3 Å². The molecule has 0 bridgehead atoms. The van der Waals surface area contributed by atoms with Crippen LogP contribution in [0.1, 0.15) is 0 Å². The van der Waals surface area contributed by atoms with Crippen LogP contribution in [0, 0.1) is 0 Å². The van der Waals surface area contributed by atoms with Gasteiger partial charge in [0.05, 0.1) is 29.5 Å². The Morgan fingerprint density at radius 2 is 2.00 bits per heavy atom. The Bertz CT molecular complexity index is 844. The van der Waals surface area contributed by atoms with E-state index in [1.54, 1.807) is 36.2 Å². The minimum Gasteiger partial charge on any atom is -0.477 e. The van der Waals surface area contributed by atoms with Gasteiger partial charge in [-0.15, -0.1) is 0 Å². The van der Waals surface area contributed by atoms with E-state index >= 15 is 0 Å². The average Bonchev–Trinajstić information content (AvgIpc) is 2.64. The topological polar surface area (TPSA) is 70.7 Å². The lowest BCUT2D eigenvalue weighted by molar-refractivity contribution is -0.127. The Kier molecular flexibility index (Phi) is 5.54. The number of anilines is 2. The second kappa shape index (κ2) is 7.85. The predicted octanol–water partition coefficient (Wildman–Crippen LogP) is 2.95. The number of ether oxygens (including phenoxy) is 1. The second-order valence-corrected chi connectivity index (χ2v) is 6.58. The average molecular weight is 394 g/mol. The Hall–Kier alpha value is -2.44. The van der Waals surface area contributed by atoms with Crippen molar-refractivity contribution in [2.75, 3.05) is 30.4 Å². The molecule has 0 radical (unpaired) electrons. The van der Waals surface area contributed by atoms with Gasteiger partial charge in [0.2, 0.25) is 5.91 Å². The summed E-state index contributed by atoms with van der Waals surface area (Å²) in [5.74, 6) is 0.0326. The van der Waals surface area contributed by atoms with Crippen molar-refractivity contribution in [2.24, 2.45) is 0 Å². The Morgan fingerprint density at radius 1 is 1.23 bits per heavy atom. The highest BCUT2D eigenvalue weighted by Gasteiger charge is 2.31. The second-order valence-electron chi connectivity index (χ2n) is 5.74. The molecule has 136 valence electrons. The van der Waals surface area contributed by atoms with Gasteiger partial charge in [0.25, 0.3) is 5.91 Å². The first kappa shape index (κ1) is 18.4. The maximum Gasteiger partial charge on any atom is 0.262 e. The SMILES string of the molecule is CNC(=O)C1CN(CC(=O)Nc2cc(Cl)ccc2Cl)c2ccccc2O1. The fraction of sp³-hybridized carbons (Fsp3) is 0.222. The quantitative estimate of drug-likeness (QED) is 0.837. The minimum absolute atomic E-state index is 0.0384. The highest BCUT2D eigenvalue weighted by Crippen LogP contribution is 2.33. The lowest BCUT2D eigenvalue weighted by Gasteiger charge is -2.35. The summed E-state index contributed by atoms with van der Waals surface area (Å²) in [7, 11) is 1.55. The number of nitrogens with one attached hydrogen (secondary N) is 2. The Balaban J connectivity index is 1.78. The van der Waals surface area contributed by atoms with Gasteiger partial charge in [-0.25, -0.2) is 0 Å². The molecule has 1 aliphatic heterocycles. The van der Waals surface area contributed by atoms with Gasteiger partial charge in [-0.1, -0.05) is 35.3 Å². The molecule has 1 unspecified atom stereocenters. The van der Waals surface area contributed by atoms with Gasteiger partial charge in [0.1, 0.15) is 5.75 Å². The van der Waals surface area contributed by atoms with E-state index in [0.29, 0.717) is 21.5 Å². The number of rotatable bonds is 4. The number of nitrogens with zero attached hydrogens (tertiary/aromatic N) is 1. The van der Waals surface area contributed by atoms with Gasteiger partial charge in [0, 0.05) is 12.1 Å². The van der Waals surface area contributed by atoms with Crippen molar-refractivity contribution in [2.45, 2.75) is 6.10 Å². The first-order chi connectivity index (χ1) is 12.5. The summed E-state index contributed by atoms with van der Waals surface area (Å²) in [6.07, 6.45) is -0.697. The van der Waals surface area contributed by atoms with E-state index in [1.165, 1.54) is 0 Å². The standard InChI is InChI=1S/C18H17Cl2N3O3/c1-21-18(25)16-9-23(14-4-2-3-5-15(14)26-16)10-17(24)22-13-8-11(19)6-7-12(13)20/h2-8,16H,9-10H2,1H3,(H,21,25)(H,22,24). The van der Waals surface area contributed by atoms with E-state index in [0.717, 1.165) is 5.69 Å². The number of fused-ring (bicyclic) bond motifs is 1. The van der Waals surface area contributed by atoms with Crippen LogP contribution in [-0.4, -0.2) is 38.1 Å². The zero-order valence-electron chi connectivity index (χ0n) is 14.0. The molecule has 0 fully saturated rings. The maximum absolute atomic E-state index is 12.5. The van der Waals surface area contributed by atoms with Crippen molar-refractivity contribution >= 4 is 46.4 Å². The van der Waals surface area contributed by atoms with Crippen molar-refractivity contribution in [1.29, 1.82) is 0 Å². The number of para-hydroxylation sites is 2. The first-order valence-electron chi connectivity index (χ1n) is 7.95. The van der Waals surface area contributed by atoms with E-state index in [2.05, 4.69) is 10.6 Å². The predicted molar refractivity (Wildman–Crippen MR) is 102 cm³/mol. The van der Waals surface area contributed by atoms with Crippen molar-refractivity contribution in [1.82, 2.24) is 5.32 Å². The molecule has 1 aliphatic rings. The molecule has 2 N–H and O–H groups in total. The van der Waals surface area contributed by atoms with Crippen LogP contribution >= 0.6 is 23.2 Å². The fourth-order valence-electron chi connectivity index (χ4n) is 2.71. The van der Waals surface area contributed by atoms with E-state index in [-0.39, 0.29) is 24.9 Å². The van der Waals surface area contributed by atoms with Crippen molar-refractivity contribution in [3.8, 4) is 5.75 Å². The molecule has 8 heteroatoms. The maximum atomic E-state index is 12.5. The van der Waals surface area contributed by atoms with Gasteiger partial charge in [0.15, 0.2) is 6.10 Å². The third-order valence-corrected chi connectivity index (χ3v) is 4.50. The monoisotopic (exact) mass is 393 g/mol. The first-order valence-corrected chi connectivity index (χ1v) is 8.70. The van der Waals surface area contributed by atoms with Crippen LogP contribution in [-0.2, 0) is 9.59 Å². The van der Waals surface area contributed by atoms with Gasteiger partial charge in [-0.3, -0.25) is 9.59 Å². The third-order valence-electron chi connectivity index (χ3n) is 3.94. The molecular formula is C18H17Cl2N3O3. The van der Waals surface area contributed by atoms with Crippen LogP contribution in [0.5, 0.6) is 5.75 Å². The molecule has 0 saturated carbocycles. The molecular weight excluding hydrogens is 377 g/mol. The molecule has 1 atom stereocenters. The fourth-order valence-corrected chi connectivity index (χ4v) is 3.05. The number of hydrogen-bond acceptors (Lipinski definition) is 4. The lowest BCUT2D eigenvalue weighted by atomic mass is 10.1. The van der Waals surface area contributed by atoms with Crippen LogP contribution in [0.25, 0.3) is 0 Å². The van der Waals surface area contributed by atoms with Crippen molar-refractivity contribution in [3.05, 3.63) is 52.5 Å². The number of halogens is 2. The number of carbonyl (C=O) groups excluding carboxylic acids is 2. The van der Waals surface area contributed by atoms with Crippen LogP contribution < -0.4 is 20.3 Å². The lowest BCUT2D eigenvalue weighted by Crippen LogP contribution is -2.50. The van der Waals surface area contributed by atoms with Gasteiger partial charge in [-0.2, -0.15) is 0 Å². The molecule has 2 aromatic carbocycles. The van der Waals surface area contributed by atoms with Crippen molar-refractivity contribution < 1.29 is 14.3 Å². The number of benzene rings is 2. The smallest absolute Gasteiger partial charge is 0.262 e. The van der Waals surface area contributed by atoms with E-state index < -0.39 is 6.10 Å². The Labute approximate surface area is 161 Å². The summed E-state index contributed by atoms with van der Waals surface area (Å²) in [4.78, 5) is 26.3. The molecule has 0 aliphatic carbocycles. The summed E-state index contributed by atoms with van der Waals surface area (Å²) < 4.78 is 5.73. The summed E-state index contributed by atoms with van der Waals surface area (Å²) in [5.41, 5.74) is 1.19. The summed E-state index contributed by atoms with van der Waals surface area (Å²) in [6.45, 7) is 0.296. The summed E-state index contributed by atoms with van der Waals surface area (Å²) in [5, 5.41) is 6.19. The molecule has 26 heavy (non-hydrogen) atoms. The zero-order valence-corrected chi connectivity index (χ0v) is 15.5. The molecule has 0 aromatic heterocycles. The summed E-state index contributed by atoms with van der Waals surface area (Å²) >= 11 is 12.0. The number of hydrogen-bond donors (Lipinski definition) is 2. The van der Waals surface area contributed by atoms with Crippen LogP contribution in [0.3, 0.4) is 0 Å². The van der Waals surface area contributed by atoms with Crippen LogP contribution in [0.15, 0.2) is 42.5 Å². The molecule has 2 aromatic rings. The largest absolute Gasteiger partial charge is 0.477 e. The third kappa shape index (κ3) is 4.03. The molecule has 1 heterocycles. The molecule has 6 nitrogen and oxygen atoms in total. The minimum atomic E-state index is -0.697. The molecule has 3 rings (SSSR count). The van der Waals surface area contributed by atoms with E-state index in [9.17, 15) is 9.59 Å². The number of carbonyl (C=O) groups is 2.